The van der Waals surface area contributed by atoms with Crippen LogP contribution in [-0.4, -0.2) is 20.5 Å². The largest absolute Gasteiger partial charge is 0.323 e. The molecule has 3 rings (SSSR count). The number of carbonyl (C=O) groups excluding carboxylic acids is 1. The first kappa shape index (κ1) is 10.3. The van der Waals surface area contributed by atoms with Crippen molar-refractivity contribution in [2.75, 3.05) is 5.32 Å². The molecule has 0 bridgehead atoms. The third kappa shape index (κ3) is 1.67. The first-order valence-corrected chi connectivity index (χ1v) is 5.87. The molecule has 0 aromatic carbocycles. The van der Waals surface area contributed by atoms with Crippen molar-refractivity contribution < 1.29 is 4.79 Å². The molecule has 2 aromatic rings. The lowest BCUT2D eigenvalue weighted by molar-refractivity contribution is -0.114. The molecular formula is C12H14N4O. The zero-order valence-corrected chi connectivity index (χ0v) is 9.68. The van der Waals surface area contributed by atoms with Crippen LogP contribution in [0, 0.1) is 0 Å². The molecule has 1 saturated carbocycles. The maximum atomic E-state index is 11.1. The molecule has 1 aliphatic rings. The topological polar surface area (TPSA) is 59.3 Å². The van der Waals surface area contributed by atoms with Crippen molar-refractivity contribution >= 4 is 17.2 Å². The molecule has 1 aliphatic carbocycles. The Bertz CT molecular complexity index is 571. The molecule has 0 unspecified atom stereocenters. The second-order valence-electron chi connectivity index (χ2n) is 4.48. The molecule has 1 N–H and O–H groups in total. The summed E-state index contributed by atoms with van der Waals surface area (Å²) in [6, 6.07) is 3.75. The van der Waals surface area contributed by atoms with Crippen LogP contribution in [0.25, 0.3) is 5.65 Å². The lowest BCUT2D eigenvalue weighted by atomic mass is 9.85. The Morgan fingerprint density at radius 3 is 2.94 bits per heavy atom. The Balaban J connectivity index is 2.07. The number of aromatic nitrogens is 3. The van der Waals surface area contributed by atoms with E-state index in [9.17, 15) is 4.79 Å². The molecule has 2 heterocycles. The first-order valence-electron chi connectivity index (χ1n) is 5.87. The van der Waals surface area contributed by atoms with Crippen molar-refractivity contribution in [3.05, 3.63) is 24.2 Å². The van der Waals surface area contributed by atoms with Gasteiger partial charge in [-0.05, 0) is 25.0 Å². The number of nitrogens with one attached hydrogen (secondary N) is 1. The van der Waals surface area contributed by atoms with Gasteiger partial charge in [-0.15, -0.1) is 10.2 Å². The molecule has 0 spiro atoms. The van der Waals surface area contributed by atoms with Crippen LogP contribution >= 0.6 is 0 Å². The van der Waals surface area contributed by atoms with Gasteiger partial charge in [0, 0.05) is 19.0 Å². The third-order valence-corrected chi connectivity index (χ3v) is 3.24. The second-order valence-corrected chi connectivity index (χ2v) is 4.48. The van der Waals surface area contributed by atoms with Gasteiger partial charge in [-0.2, -0.15) is 0 Å². The van der Waals surface area contributed by atoms with Crippen molar-refractivity contribution in [2.45, 2.75) is 32.1 Å². The van der Waals surface area contributed by atoms with Gasteiger partial charge in [-0.25, -0.2) is 0 Å². The lowest BCUT2D eigenvalue weighted by Gasteiger charge is -2.23. The number of hydrogen-bond donors (Lipinski definition) is 1. The summed E-state index contributed by atoms with van der Waals surface area (Å²) in [4.78, 5) is 11.1. The molecule has 5 nitrogen and oxygen atoms in total. The van der Waals surface area contributed by atoms with Crippen LogP contribution in [0.1, 0.15) is 37.9 Å². The number of pyridine rings is 1. The maximum absolute atomic E-state index is 11.1. The summed E-state index contributed by atoms with van der Waals surface area (Å²) in [6.07, 6.45) is 5.59. The fourth-order valence-electron chi connectivity index (χ4n) is 2.17. The third-order valence-electron chi connectivity index (χ3n) is 3.24. The molecular weight excluding hydrogens is 216 g/mol. The highest BCUT2D eigenvalue weighted by atomic mass is 16.1. The van der Waals surface area contributed by atoms with Crippen LogP contribution in [0.5, 0.6) is 0 Å². The Labute approximate surface area is 98.9 Å². The van der Waals surface area contributed by atoms with Gasteiger partial charge in [-0.3, -0.25) is 9.20 Å². The van der Waals surface area contributed by atoms with Gasteiger partial charge in [0.05, 0.1) is 5.69 Å². The van der Waals surface area contributed by atoms with Gasteiger partial charge in [0.15, 0.2) is 5.65 Å². The van der Waals surface area contributed by atoms with E-state index in [4.69, 9.17) is 0 Å². The van der Waals surface area contributed by atoms with Gasteiger partial charge in [-0.1, -0.05) is 6.42 Å². The minimum atomic E-state index is -0.0914. The lowest BCUT2D eigenvalue weighted by Crippen LogP contribution is -2.13. The number of carbonyl (C=O) groups is 1. The summed E-state index contributed by atoms with van der Waals surface area (Å²) in [7, 11) is 0. The van der Waals surface area contributed by atoms with E-state index in [-0.39, 0.29) is 5.91 Å². The number of amides is 1. The summed E-state index contributed by atoms with van der Waals surface area (Å²) in [5, 5.41) is 11.2. The Morgan fingerprint density at radius 1 is 1.47 bits per heavy atom. The first-order chi connectivity index (χ1) is 8.25. The number of fused-ring (bicyclic) bond motifs is 1. The highest BCUT2D eigenvalue weighted by Crippen LogP contribution is 2.35. The fourth-order valence-corrected chi connectivity index (χ4v) is 2.17. The van der Waals surface area contributed by atoms with Crippen molar-refractivity contribution in [3.8, 4) is 0 Å². The van der Waals surface area contributed by atoms with Crippen molar-refractivity contribution in [2.24, 2.45) is 0 Å². The second kappa shape index (κ2) is 3.84. The van der Waals surface area contributed by atoms with E-state index in [2.05, 4.69) is 15.5 Å². The average molecular weight is 230 g/mol. The maximum Gasteiger partial charge on any atom is 0.221 e. The number of nitrogens with zero attached hydrogens (tertiary/aromatic N) is 3. The normalized spacial score (nSPS) is 15.8. The van der Waals surface area contributed by atoms with E-state index in [0.29, 0.717) is 5.92 Å². The van der Waals surface area contributed by atoms with E-state index in [1.807, 2.05) is 22.7 Å². The molecule has 5 heteroatoms. The standard InChI is InChI=1S/C12H14N4O/c1-8(17)13-10-6-3-7-16-11(9-4-2-5-9)14-15-12(10)16/h3,6-7,9H,2,4-5H2,1H3,(H,13,17). The van der Waals surface area contributed by atoms with Crippen LogP contribution in [0.3, 0.4) is 0 Å². The Hall–Kier alpha value is -1.91. The van der Waals surface area contributed by atoms with Crippen molar-refractivity contribution in [3.63, 3.8) is 0 Å². The summed E-state index contributed by atoms with van der Waals surface area (Å²) in [6.45, 7) is 1.49. The molecule has 0 saturated heterocycles. The van der Waals surface area contributed by atoms with E-state index in [0.717, 1.165) is 17.2 Å². The van der Waals surface area contributed by atoms with Crippen molar-refractivity contribution in [1.82, 2.24) is 14.6 Å². The Kier molecular flexibility index (Phi) is 2.31. The molecule has 0 aliphatic heterocycles. The monoisotopic (exact) mass is 230 g/mol. The predicted octanol–water partition coefficient (Wildman–Crippen LogP) is 1.96. The zero-order chi connectivity index (χ0) is 11.8. The molecule has 17 heavy (non-hydrogen) atoms. The van der Waals surface area contributed by atoms with Gasteiger partial charge in [0.1, 0.15) is 5.82 Å². The van der Waals surface area contributed by atoms with Crippen LogP contribution in [0.4, 0.5) is 5.69 Å². The van der Waals surface area contributed by atoms with E-state index >= 15 is 0 Å². The van der Waals surface area contributed by atoms with E-state index < -0.39 is 0 Å². The van der Waals surface area contributed by atoms with Gasteiger partial charge in [0.25, 0.3) is 0 Å². The minimum absolute atomic E-state index is 0.0914. The highest BCUT2D eigenvalue weighted by molar-refractivity contribution is 5.92. The molecule has 0 atom stereocenters. The van der Waals surface area contributed by atoms with Crippen LogP contribution in [-0.2, 0) is 4.79 Å². The van der Waals surface area contributed by atoms with Crippen LogP contribution in [0.2, 0.25) is 0 Å². The van der Waals surface area contributed by atoms with Gasteiger partial charge in [0.2, 0.25) is 5.91 Å². The fraction of sp³-hybridized carbons (Fsp3) is 0.417. The SMILES string of the molecule is CC(=O)Nc1cccn2c(C3CCC3)nnc12. The number of anilines is 1. The smallest absolute Gasteiger partial charge is 0.221 e. The van der Waals surface area contributed by atoms with E-state index in [1.165, 1.54) is 26.2 Å². The molecule has 0 radical (unpaired) electrons. The zero-order valence-electron chi connectivity index (χ0n) is 9.68. The number of rotatable bonds is 2. The average Bonchev–Trinajstić information content (AvgIpc) is 2.60. The summed E-state index contributed by atoms with van der Waals surface area (Å²) >= 11 is 0. The van der Waals surface area contributed by atoms with Gasteiger partial charge < -0.3 is 5.32 Å². The summed E-state index contributed by atoms with van der Waals surface area (Å²) < 4.78 is 1.98. The summed E-state index contributed by atoms with van der Waals surface area (Å²) in [5.74, 6) is 1.45. The highest BCUT2D eigenvalue weighted by Gasteiger charge is 2.24. The Morgan fingerprint density at radius 2 is 2.29 bits per heavy atom. The van der Waals surface area contributed by atoms with Crippen LogP contribution < -0.4 is 5.32 Å². The predicted molar refractivity (Wildman–Crippen MR) is 63.9 cm³/mol. The number of hydrogen-bond acceptors (Lipinski definition) is 3. The molecule has 1 fully saturated rings. The molecule has 1 amide bonds. The minimum Gasteiger partial charge on any atom is -0.323 e. The summed E-state index contributed by atoms with van der Waals surface area (Å²) in [5.41, 5.74) is 1.45. The van der Waals surface area contributed by atoms with Gasteiger partial charge >= 0.3 is 0 Å². The van der Waals surface area contributed by atoms with E-state index in [1.54, 1.807) is 0 Å². The van der Waals surface area contributed by atoms with Crippen LogP contribution in [0.15, 0.2) is 18.3 Å². The van der Waals surface area contributed by atoms with Crippen molar-refractivity contribution in [1.29, 1.82) is 0 Å². The quantitative estimate of drug-likeness (QED) is 0.857. The molecule has 2 aromatic heterocycles. The molecule has 88 valence electrons.